The molecule has 0 saturated heterocycles. The fourth-order valence-electron chi connectivity index (χ4n) is 1.80. The molecule has 3 aromatic rings. The number of aromatic nitrogens is 3. The van der Waals surface area contributed by atoms with Crippen LogP contribution in [0.25, 0.3) is 10.9 Å². The molecule has 0 spiro atoms. The minimum absolute atomic E-state index is 0.00298. The topological polar surface area (TPSA) is 107 Å². The number of hydrogen-bond acceptors (Lipinski definition) is 7. The molecular formula is C12H9N5O3. The van der Waals surface area contributed by atoms with Crippen molar-refractivity contribution in [3.63, 3.8) is 0 Å². The molecule has 0 fully saturated rings. The third-order valence-electron chi connectivity index (χ3n) is 2.76. The summed E-state index contributed by atoms with van der Waals surface area (Å²) >= 11 is 0. The first-order valence-electron chi connectivity index (χ1n) is 5.76. The maximum atomic E-state index is 10.8. The van der Waals surface area contributed by atoms with Crippen molar-refractivity contribution in [2.24, 2.45) is 0 Å². The van der Waals surface area contributed by atoms with Gasteiger partial charge in [-0.15, -0.1) is 0 Å². The Morgan fingerprint density at radius 1 is 1.30 bits per heavy atom. The van der Waals surface area contributed by atoms with E-state index in [1.807, 2.05) is 0 Å². The molecule has 0 aliphatic carbocycles. The largest absolute Gasteiger partial charge is 0.364 e. The van der Waals surface area contributed by atoms with E-state index in [-0.39, 0.29) is 5.69 Å². The van der Waals surface area contributed by atoms with Crippen LogP contribution < -0.4 is 5.32 Å². The van der Waals surface area contributed by atoms with Crippen molar-refractivity contribution in [2.75, 3.05) is 5.32 Å². The molecule has 0 radical (unpaired) electrons. The maximum Gasteiger partial charge on any atom is 0.270 e. The fourth-order valence-corrected chi connectivity index (χ4v) is 1.80. The van der Waals surface area contributed by atoms with Gasteiger partial charge in [-0.1, -0.05) is 5.16 Å². The zero-order chi connectivity index (χ0) is 13.9. The second-order valence-corrected chi connectivity index (χ2v) is 4.03. The first-order valence-corrected chi connectivity index (χ1v) is 5.76. The fraction of sp³-hybridized carbons (Fsp3) is 0.0833. The lowest BCUT2D eigenvalue weighted by Gasteiger charge is -2.06. The van der Waals surface area contributed by atoms with Gasteiger partial charge in [-0.3, -0.25) is 10.1 Å². The van der Waals surface area contributed by atoms with Crippen molar-refractivity contribution < 1.29 is 9.45 Å². The average Bonchev–Trinajstić information content (AvgIpc) is 2.97. The van der Waals surface area contributed by atoms with Crippen molar-refractivity contribution in [3.8, 4) is 0 Å². The second-order valence-electron chi connectivity index (χ2n) is 4.03. The van der Waals surface area contributed by atoms with Crippen molar-refractivity contribution in [2.45, 2.75) is 6.54 Å². The van der Waals surface area contributed by atoms with Gasteiger partial charge in [-0.25, -0.2) is 9.97 Å². The summed E-state index contributed by atoms with van der Waals surface area (Å²) in [6.07, 6.45) is 2.87. The van der Waals surface area contributed by atoms with Gasteiger partial charge >= 0.3 is 0 Å². The summed E-state index contributed by atoms with van der Waals surface area (Å²) in [4.78, 5) is 18.6. The molecule has 3 rings (SSSR count). The minimum atomic E-state index is -0.451. The zero-order valence-corrected chi connectivity index (χ0v) is 10.2. The van der Waals surface area contributed by atoms with Crippen LogP contribution in [0.5, 0.6) is 0 Å². The number of hydrogen-bond donors (Lipinski definition) is 1. The molecule has 0 saturated carbocycles. The van der Waals surface area contributed by atoms with Crippen LogP contribution in [0.15, 0.2) is 41.4 Å². The van der Waals surface area contributed by atoms with Gasteiger partial charge in [-0.2, -0.15) is 0 Å². The van der Waals surface area contributed by atoms with Crippen LogP contribution >= 0.6 is 0 Å². The van der Waals surface area contributed by atoms with Crippen LogP contribution in [0.3, 0.4) is 0 Å². The monoisotopic (exact) mass is 271 g/mol. The molecule has 8 heteroatoms. The highest BCUT2D eigenvalue weighted by atomic mass is 16.6. The van der Waals surface area contributed by atoms with Crippen LogP contribution in [-0.2, 0) is 6.54 Å². The van der Waals surface area contributed by atoms with Gasteiger partial charge in [-0.05, 0) is 6.07 Å². The highest BCUT2D eigenvalue weighted by Gasteiger charge is 2.10. The van der Waals surface area contributed by atoms with Crippen molar-refractivity contribution in [1.29, 1.82) is 0 Å². The standard InChI is InChI=1S/C12H9N5O3/c18-17(19)9-1-2-11-10(5-9)12(15-7-14-11)13-6-8-3-4-20-16-8/h1-5,7H,6H2,(H,13,14,15). The molecule has 1 N–H and O–H groups in total. The number of rotatable bonds is 4. The van der Waals surface area contributed by atoms with E-state index in [0.29, 0.717) is 29.0 Å². The SMILES string of the molecule is O=[N+]([O-])c1ccc2ncnc(NCc3ccon3)c2c1. The molecule has 8 nitrogen and oxygen atoms in total. The summed E-state index contributed by atoms with van der Waals surface area (Å²) in [5.41, 5.74) is 1.34. The minimum Gasteiger partial charge on any atom is -0.364 e. The quantitative estimate of drug-likeness (QED) is 0.572. The molecule has 2 aromatic heterocycles. The van der Waals surface area contributed by atoms with E-state index in [2.05, 4.69) is 20.4 Å². The smallest absolute Gasteiger partial charge is 0.270 e. The van der Waals surface area contributed by atoms with E-state index in [9.17, 15) is 10.1 Å². The molecule has 1 aromatic carbocycles. The second kappa shape index (κ2) is 4.92. The summed E-state index contributed by atoms with van der Waals surface area (Å²) in [6.45, 7) is 0.408. The highest BCUT2D eigenvalue weighted by molar-refractivity contribution is 5.90. The first-order chi connectivity index (χ1) is 9.74. The van der Waals surface area contributed by atoms with Gasteiger partial charge in [0.25, 0.3) is 5.69 Å². The summed E-state index contributed by atoms with van der Waals surface area (Å²) in [7, 11) is 0. The number of non-ortho nitro benzene ring substituents is 1. The third kappa shape index (κ3) is 2.26. The Bertz CT molecular complexity index is 757. The summed E-state index contributed by atoms with van der Waals surface area (Å²) < 4.78 is 4.73. The Hall–Kier alpha value is -3.03. The van der Waals surface area contributed by atoms with E-state index in [1.54, 1.807) is 12.1 Å². The molecule has 20 heavy (non-hydrogen) atoms. The van der Waals surface area contributed by atoms with E-state index in [4.69, 9.17) is 4.52 Å². The van der Waals surface area contributed by atoms with Crippen LogP contribution in [0, 0.1) is 10.1 Å². The molecular weight excluding hydrogens is 262 g/mol. The summed E-state index contributed by atoms with van der Waals surface area (Å²) in [5, 5.41) is 18.2. The molecule has 0 aliphatic rings. The molecule has 0 unspecified atom stereocenters. The first kappa shape index (κ1) is 12.0. The Morgan fingerprint density at radius 3 is 2.95 bits per heavy atom. The van der Waals surface area contributed by atoms with Crippen LogP contribution in [0.1, 0.15) is 5.69 Å². The van der Waals surface area contributed by atoms with E-state index in [1.165, 1.54) is 24.7 Å². The normalized spacial score (nSPS) is 10.6. The number of nitro groups is 1. The lowest BCUT2D eigenvalue weighted by atomic mass is 10.2. The Balaban J connectivity index is 1.96. The number of nitrogens with one attached hydrogen (secondary N) is 1. The van der Waals surface area contributed by atoms with Crippen LogP contribution in [0.4, 0.5) is 11.5 Å². The zero-order valence-electron chi connectivity index (χ0n) is 10.2. The average molecular weight is 271 g/mol. The Morgan fingerprint density at radius 2 is 2.20 bits per heavy atom. The Kier molecular flexibility index (Phi) is 2.96. The lowest BCUT2D eigenvalue weighted by molar-refractivity contribution is -0.384. The van der Waals surface area contributed by atoms with E-state index >= 15 is 0 Å². The number of anilines is 1. The van der Waals surface area contributed by atoms with Crippen molar-refractivity contribution in [3.05, 3.63) is 52.7 Å². The van der Waals surface area contributed by atoms with Gasteiger partial charge in [0.2, 0.25) is 0 Å². The van der Waals surface area contributed by atoms with Crippen LogP contribution in [0.2, 0.25) is 0 Å². The van der Waals surface area contributed by atoms with Gasteiger partial charge < -0.3 is 9.84 Å². The molecule has 0 amide bonds. The van der Waals surface area contributed by atoms with Gasteiger partial charge in [0.15, 0.2) is 0 Å². The predicted octanol–water partition coefficient (Wildman–Crippen LogP) is 2.14. The summed E-state index contributed by atoms with van der Waals surface area (Å²) in [5.74, 6) is 0.515. The lowest BCUT2D eigenvalue weighted by Crippen LogP contribution is -2.03. The molecule has 0 atom stereocenters. The number of fused-ring (bicyclic) bond motifs is 1. The number of benzene rings is 1. The molecule has 100 valence electrons. The summed E-state index contributed by atoms with van der Waals surface area (Å²) in [6, 6.07) is 6.17. The van der Waals surface area contributed by atoms with E-state index < -0.39 is 4.92 Å². The van der Waals surface area contributed by atoms with Crippen molar-refractivity contribution in [1.82, 2.24) is 15.1 Å². The predicted molar refractivity (Wildman–Crippen MR) is 70.0 cm³/mol. The third-order valence-corrected chi connectivity index (χ3v) is 2.76. The van der Waals surface area contributed by atoms with Gasteiger partial charge in [0.05, 0.1) is 17.0 Å². The molecule has 0 aliphatic heterocycles. The van der Waals surface area contributed by atoms with Crippen molar-refractivity contribution >= 4 is 22.4 Å². The van der Waals surface area contributed by atoms with Crippen LogP contribution in [-0.4, -0.2) is 20.0 Å². The number of nitrogens with zero attached hydrogens (tertiary/aromatic N) is 4. The van der Waals surface area contributed by atoms with Gasteiger partial charge in [0, 0.05) is 23.6 Å². The highest BCUT2D eigenvalue weighted by Crippen LogP contribution is 2.24. The maximum absolute atomic E-state index is 10.8. The van der Waals surface area contributed by atoms with Gasteiger partial charge in [0.1, 0.15) is 24.1 Å². The number of nitro benzene ring substituents is 1. The van der Waals surface area contributed by atoms with E-state index in [0.717, 1.165) is 0 Å². The molecule has 2 heterocycles. The Labute approximate surface area is 112 Å². The molecule has 0 bridgehead atoms.